The summed E-state index contributed by atoms with van der Waals surface area (Å²) in [5.41, 5.74) is 2.24. The van der Waals surface area contributed by atoms with Gasteiger partial charge in [0.25, 0.3) is 5.91 Å². The van der Waals surface area contributed by atoms with E-state index >= 15 is 0 Å². The first-order chi connectivity index (χ1) is 13.5. The Labute approximate surface area is 165 Å². The number of rotatable bonds is 7. The maximum Gasteiger partial charge on any atom is 0.303 e. The van der Waals surface area contributed by atoms with Gasteiger partial charge in [-0.25, -0.2) is 0 Å². The van der Waals surface area contributed by atoms with Gasteiger partial charge in [0.2, 0.25) is 0 Å². The van der Waals surface area contributed by atoms with Gasteiger partial charge in [-0.15, -0.1) is 0 Å². The summed E-state index contributed by atoms with van der Waals surface area (Å²) in [6.45, 7) is 3.10. The van der Waals surface area contributed by atoms with E-state index in [1.165, 1.54) is 0 Å². The van der Waals surface area contributed by atoms with Crippen molar-refractivity contribution in [2.24, 2.45) is 5.92 Å². The average Bonchev–Trinajstić information content (AvgIpc) is 2.73. The van der Waals surface area contributed by atoms with Gasteiger partial charge >= 0.3 is 5.97 Å². The van der Waals surface area contributed by atoms with Crippen molar-refractivity contribution in [2.75, 3.05) is 13.1 Å². The van der Waals surface area contributed by atoms with E-state index in [0.29, 0.717) is 25.3 Å². The molecule has 2 aromatic rings. The van der Waals surface area contributed by atoms with Gasteiger partial charge in [-0.2, -0.15) is 0 Å². The molecule has 0 spiro atoms. The van der Waals surface area contributed by atoms with Crippen LogP contribution in [0.25, 0.3) is 11.1 Å². The number of hydrogen-bond acceptors (Lipinski definition) is 3. The van der Waals surface area contributed by atoms with Gasteiger partial charge < -0.3 is 14.7 Å². The van der Waals surface area contributed by atoms with Crippen molar-refractivity contribution >= 4 is 11.9 Å². The number of carboxylic acids is 1. The molecular weight excluding hydrogens is 354 g/mol. The Morgan fingerprint density at radius 1 is 1.11 bits per heavy atom. The van der Waals surface area contributed by atoms with Crippen LogP contribution in [0.2, 0.25) is 0 Å². The lowest BCUT2D eigenvalue weighted by atomic mass is 9.93. The minimum absolute atomic E-state index is 0.0350. The molecule has 2 unspecified atom stereocenters. The Balaban J connectivity index is 1.55. The molecule has 2 aromatic carbocycles. The molecule has 0 radical (unpaired) electrons. The topological polar surface area (TPSA) is 66.8 Å². The van der Waals surface area contributed by atoms with E-state index in [-0.39, 0.29) is 18.2 Å². The van der Waals surface area contributed by atoms with Crippen molar-refractivity contribution in [1.82, 2.24) is 4.90 Å². The molecule has 5 heteroatoms. The van der Waals surface area contributed by atoms with E-state index < -0.39 is 12.1 Å². The summed E-state index contributed by atoms with van der Waals surface area (Å²) in [6.07, 6.45) is 2.10. The molecule has 1 N–H and O–H groups in total. The fourth-order valence-electron chi connectivity index (χ4n) is 3.70. The summed E-state index contributed by atoms with van der Waals surface area (Å²) in [7, 11) is 0. The van der Waals surface area contributed by atoms with Gasteiger partial charge in [-0.1, -0.05) is 42.5 Å². The molecule has 0 aromatic heterocycles. The van der Waals surface area contributed by atoms with Crippen molar-refractivity contribution in [1.29, 1.82) is 0 Å². The molecular formula is C23H27NO4. The highest BCUT2D eigenvalue weighted by Crippen LogP contribution is 2.24. The lowest BCUT2D eigenvalue weighted by Gasteiger charge is -2.34. The number of benzene rings is 2. The minimum atomic E-state index is -0.779. The second-order valence-electron chi connectivity index (χ2n) is 7.38. The number of likely N-dealkylation sites (tertiary alicyclic amines) is 1. The Hall–Kier alpha value is -2.82. The SMILES string of the molecule is CC(Oc1ccc(-c2ccccc2)cc1)C(=O)N1CCCC(CCC(=O)O)C1. The third kappa shape index (κ3) is 5.35. The predicted octanol–water partition coefficient (Wildman–Crippen LogP) is 4.22. The zero-order valence-corrected chi connectivity index (χ0v) is 16.2. The van der Waals surface area contributed by atoms with Crippen LogP contribution < -0.4 is 4.74 Å². The fourth-order valence-corrected chi connectivity index (χ4v) is 3.70. The number of ether oxygens (including phenoxy) is 1. The first kappa shape index (κ1) is 19.9. The van der Waals surface area contributed by atoms with Crippen molar-refractivity contribution in [3.8, 4) is 16.9 Å². The smallest absolute Gasteiger partial charge is 0.303 e. The summed E-state index contributed by atoms with van der Waals surface area (Å²) in [4.78, 5) is 25.4. The second kappa shape index (κ2) is 9.40. The van der Waals surface area contributed by atoms with Gasteiger partial charge in [0.1, 0.15) is 5.75 Å². The summed E-state index contributed by atoms with van der Waals surface area (Å²) in [6, 6.07) is 17.9. The standard InChI is InChI=1S/C23H27NO4/c1-17(23(27)24-15-5-6-18(16-24)9-14-22(25)26)28-21-12-10-20(11-13-21)19-7-3-2-4-8-19/h2-4,7-8,10-13,17-18H,5-6,9,14-16H2,1H3,(H,25,26). The molecule has 1 saturated heterocycles. The first-order valence-corrected chi connectivity index (χ1v) is 9.85. The minimum Gasteiger partial charge on any atom is -0.481 e. The summed E-state index contributed by atoms with van der Waals surface area (Å²) >= 11 is 0. The number of piperidine rings is 1. The van der Waals surface area contributed by atoms with Crippen molar-refractivity contribution in [2.45, 2.75) is 38.7 Å². The molecule has 1 aliphatic rings. The molecule has 0 saturated carbocycles. The number of carbonyl (C=O) groups excluding carboxylic acids is 1. The predicted molar refractivity (Wildman–Crippen MR) is 108 cm³/mol. The summed E-state index contributed by atoms with van der Waals surface area (Å²) < 4.78 is 5.87. The largest absolute Gasteiger partial charge is 0.481 e. The van der Waals surface area contributed by atoms with E-state index in [1.54, 1.807) is 6.92 Å². The molecule has 28 heavy (non-hydrogen) atoms. The van der Waals surface area contributed by atoms with Crippen LogP contribution in [0, 0.1) is 5.92 Å². The van der Waals surface area contributed by atoms with Gasteiger partial charge in [0.05, 0.1) is 0 Å². The number of carbonyl (C=O) groups is 2. The number of hydrogen-bond donors (Lipinski definition) is 1. The van der Waals surface area contributed by atoms with Crippen LogP contribution in [0.3, 0.4) is 0 Å². The van der Waals surface area contributed by atoms with Crippen LogP contribution in [0.1, 0.15) is 32.6 Å². The quantitative estimate of drug-likeness (QED) is 0.780. The second-order valence-corrected chi connectivity index (χ2v) is 7.38. The molecule has 0 bridgehead atoms. The molecule has 148 valence electrons. The maximum atomic E-state index is 12.8. The molecule has 3 rings (SSSR count). The summed E-state index contributed by atoms with van der Waals surface area (Å²) in [5, 5.41) is 8.86. The lowest BCUT2D eigenvalue weighted by molar-refractivity contribution is -0.140. The Bertz CT molecular complexity index is 788. The van der Waals surface area contributed by atoms with Crippen molar-refractivity contribution in [3.05, 3.63) is 54.6 Å². The van der Waals surface area contributed by atoms with Gasteiger partial charge in [0.15, 0.2) is 6.10 Å². The highest BCUT2D eigenvalue weighted by atomic mass is 16.5. The van der Waals surface area contributed by atoms with Crippen molar-refractivity contribution in [3.63, 3.8) is 0 Å². The van der Waals surface area contributed by atoms with Gasteiger partial charge in [-0.3, -0.25) is 9.59 Å². The van der Waals surface area contributed by atoms with E-state index in [1.807, 2.05) is 47.4 Å². The Morgan fingerprint density at radius 2 is 1.79 bits per heavy atom. The fraction of sp³-hybridized carbons (Fsp3) is 0.391. The lowest BCUT2D eigenvalue weighted by Crippen LogP contribution is -2.45. The number of aliphatic carboxylic acids is 1. The zero-order chi connectivity index (χ0) is 19.9. The normalized spacial score (nSPS) is 17.8. The molecule has 1 fully saturated rings. The van der Waals surface area contributed by atoms with Crippen LogP contribution >= 0.6 is 0 Å². The van der Waals surface area contributed by atoms with E-state index in [2.05, 4.69) is 12.1 Å². The van der Waals surface area contributed by atoms with Gasteiger partial charge in [-0.05, 0) is 55.4 Å². The monoisotopic (exact) mass is 381 g/mol. The molecule has 1 aliphatic heterocycles. The Morgan fingerprint density at radius 3 is 2.46 bits per heavy atom. The van der Waals surface area contributed by atoms with Gasteiger partial charge in [0, 0.05) is 19.5 Å². The van der Waals surface area contributed by atoms with E-state index in [4.69, 9.17) is 9.84 Å². The molecule has 2 atom stereocenters. The third-order valence-corrected chi connectivity index (χ3v) is 5.22. The summed E-state index contributed by atoms with van der Waals surface area (Å²) in [5.74, 6) is 0.109. The van der Waals surface area contributed by atoms with Crippen LogP contribution in [0.4, 0.5) is 0 Å². The maximum absolute atomic E-state index is 12.8. The molecule has 5 nitrogen and oxygen atoms in total. The molecule has 1 amide bonds. The molecule has 1 heterocycles. The van der Waals surface area contributed by atoms with Crippen LogP contribution in [0.15, 0.2) is 54.6 Å². The Kier molecular flexibility index (Phi) is 6.69. The first-order valence-electron chi connectivity index (χ1n) is 9.85. The third-order valence-electron chi connectivity index (χ3n) is 5.22. The van der Waals surface area contributed by atoms with Crippen molar-refractivity contribution < 1.29 is 19.4 Å². The van der Waals surface area contributed by atoms with Crippen LogP contribution in [0.5, 0.6) is 5.75 Å². The molecule has 0 aliphatic carbocycles. The number of amides is 1. The number of nitrogens with zero attached hydrogens (tertiary/aromatic N) is 1. The zero-order valence-electron chi connectivity index (χ0n) is 16.2. The highest BCUT2D eigenvalue weighted by molar-refractivity contribution is 5.81. The van der Waals surface area contributed by atoms with Crippen LogP contribution in [-0.2, 0) is 9.59 Å². The highest BCUT2D eigenvalue weighted by Gasteiger charge is 2.28. The van der Waals surface area contributed by atoms with Crippen LogP contribution in [-0.4, -0.2) is 41.1 Å². The van der Waals surface area contributed by atoms with E-state index in [0.717, 1.165) is 24.0 Å². The van der Waals surface area contributed by atoms with E-state index in [9.17, 15) is 9.59 Å². The number of carboxylic acid groups (broad SMARTS) is 1. The average molecular weight is 381 g/mol.